The Balaban J connectivity index is 0.000000176. The van der Waals surface area contributed by atoms with Crippen LogP contribution in [0.3, 0.4) is 0 Å². The van der Waals surface area contributed by atoms with E-state index in [9.17, 15) is 14.4 Å². The third-order valence-electron chi connectivity index (χ3n) is 4.61. The highest BCUT2D eigenvalue weighted by molar-refractivity contribution is 6.22. The SMILES string of the molecule is C1=Cc2ccccc2NN=C1.CCC1(c2ccccc2)C(=O)NC(=O)NC1=O. The van der Waals surface area contributed by atoms with Gasteiger partial charge in [0.2, 0.25) is 11.8 Å². The molecule has 2 aromatic rings. The molecule has 1 saturated heterocycles. The van der Waals surface area contributed by atoms with Crippen molar-refractivity contribution in [3.63, 3.8) is 0 Å². The Bertz CT molecular complexity index is 931. The zero-order valence-corrected chi connectivity index (χ0v) is 15.3. The maximum atomic E-state index is 12.0. The first-order valence-electron chi connectivity index (χ1n) is 8.85. The number of nitrogens with one attached hydrogen (secondary N) is 3. The fourth-order valence-corrected chi connectivity index (χ4v) is 3.10. The van der Waals surface area contributed by atoms with Gasteiger partial charge in [-0.25, -0.2) is 4.79 Å². The maximum Gasteiger partial charge on any atom is 0.328 e. The lowest BCUT2D eigenvalue weighted by atomic mass is 9.75. The second kappa shape index (κ2) is 8.30. The molecule has 0 radical (unpaired) electrons. The fraction of sp³-hybridized carbons (Fsp3) is 0.143. The van der Waals surface area contributed by atoms with Crippen molar-refractivity contribution in [1.29, 1.82) is 0 Å². The lowest BCUT2D eigenvalue weighted by molar-refractivity contribution is -0.138. The number of anilines is 1. The van der Waals surface area contributed by atoms with Gasteiger partial charge < -0.3 is 0 Å². The first-order chi connectivity index (χ1) is 13.6. The van der Waals surface area contributed by atoms with Crippen molar-refractivity contribution < 1.29 is 14.4 Å². The molecular weight excluding hydrogens is 356 g/mol. The summed E-state index contributed by atoms with van der Waals surface area (Å²) in [5.74, 6) is -1.14. The molecule has 7 nitrogen and oxygen atoms in total. The van der Waals surface area contributed by atoms with Crippen LogP contribution in [0.5, 0.6) is 0 Å². The number of carbonyl (C=O) groups excluding carboxylic acids is 3. The van der Waals surface area contributed by atoms with Gasteiger partial charge in [0.15, 0.2) is 5.41 Å². The van der Waals surface area contributed by atoms with E-state index in [1.165, 1.54) is 5.56 Å². The number of amides is 4. The number of benzene rings is 2. The molecule has 2 aliphatic rings. The number of hydrogen-bond donors (Lipinski definition) is 3. The Morgan fingerprint density at radius 1 is 0.893 bits per heavy atom. The van der Waals surface area contributed by atoms with Crippen LogP contribution < -0.4 is 16.1 Å². The van der Waals surface area contributed by atoms with E-state index in [1.54, 1.807) is 43.5 Å². The highest BCUT2D eigenvalue weighted by Gasteiger charge is 2.50. The Morgan fingerprint density at radius 3 is 2.21 bits per heavy atom. The predicted molar refractivity (Wildman–Crippen MR) is 108 cm³/mol. The van der Waals surface area contributed by atoms with E-state index in [-0.39, 0.29) is 0 Å². The molecule has 2 heterocycles. The van der Waals surface area contributed by atoms with Crippen molar-refractivity contribution in [3.8, 4) is 0 Å². The van der Waals surface area contributed by atoms with E-state index >= 15 is 0 Å². The number of para-hydroxylation sites is 1. The van der Waals surface area contributed by atoms with Gasteiger partial charge in [-0.1, -0.05) is 61.5 Å². The number of nitrogens with zero attached hydrogens (tertiary/aromatic N) is 1. The van der Waals surface area contributed by atoms with Crippen LogP contribution in [0.25, 0.3) is 6.08 Å². The molecular formula is C21H20N4O3. The lowest BCUT2D eigenvalue weighted by Crippen LogP contribution is -2.64. The van der Waals surface area contributed by atoms with E-state index in [0.29, 0.717) is 12.0 Å². The molecule has 0 bridgehead atoms. The van der Waals surface area contributed by atoms with Gasteiger partial charge in [-0.05, 0) is 29.7 Å². The van der Waals surface area contributed by atoms with Gasteiger partial charge in [0.1, 0.15) is 0 Å². The van der Waals surface area contributed by atoms with Crippen molar-refractivity contribution in [2.24, 2.45) is 5.10 Å². The van der Waals surface area contributed by atoms with Crippen molar-refractivity contribution in [2.45, 2.75) is 18.8 Å². The van der Waals surface area contributed by atoms with Crippen LogP contribution in [0.2, 0.25) is 0 Å². The normalized spacial score (nSPS) is 16.5. The molecule has 28 heavy (non-hydrogen) atoms. The Kier molecular flexibility index (Phi) is 5.64. The van der Waals surface area contributed by atoms with Crippen LogP contribution in [0, 0.1) is 0 Å². The number of hydrogen-bond acceptors (Lipinski definition) is 5. The summed E-state index contributed by atoms with van der Waals surface area (Å²) in [5, 5.41) is 8.23. The van der Waals surface area contributed by atoms with Gasteiger partial charge in [-0.2, -0.15) is 5.10 Å². The summed E-state index contributed by atoms with van der Waals surface area (Å²) in [6.07, 6.45) is 5.97. The average Bonchev–Trinajstić information content (AvgIpc) is 2.95. The minimum atomic E-state index is -1.31. The van der Waals surface area contributed by atoms with E-state index in [1.807, 2.05) is 36.4 Å². The van der Waals surface area contributed by atoms with Crippen molar-refractivity contribution >= 4 is 35.8 Å². The van der Waals surface area contributed by atoms with Crippen LogP contribution in [0.4, 0.5) is 10.5 Å². The largest absolute Gasteiger partial charge is 0.328 e. The smallest absolute Gasteiger partial charge is 0.278 e. The quantitative estimate of drug-likeness (QED) is 0.702. The summed E-state index contributed by atoms with van der Waals surface area (Å²) in [7, 11) is 0. The van der Waals surface area contributed by atoms with Crippen LogP contribution in [-0.2, 0) is 15.0 Å². The molecule has 1 fully saturated rings. The average molecular weight is 376 g/mol. The predicted octanol–water partition coefficient (Wildman–Crippen LogP) is 2.81. The number of imide groups is 2. The topological polar surface area (TPSA) is 99.7 Å². The van der Waals surface area contributed by atoms with E-state index in [2.05, 4.69) is 21.2 Å². The van der Waals surface area contributed by atoms with Gasteiger partial charge in [0, 0.05) is 6.21 Å². The molecule has 0 spiro atoms. The third kappa shape index (κ3) is 3.68. The summed E-state index contributed by atoms with van der Waals surface area (Å²) in [6.45, 7) is 1.74. The number of hydrazone groups is 1. The lowest BCUT2D eigenvalue weighted by Gasteiger charge is -2.33. The minimum Gasteiger partial charge on any atom is -0.278 e. The third-order valence-corrected chi connectivity index (χ3v) is 4.61. The fourth-order valence-electron chi connectivity index (χ4n) is 3.10. The number of fused-ring (bicyclic) bond motifs is 1. The standard InChI is InChI=1S/C12H12N2O3.C9H8N2/c1-2-12(8-6-4-3-5-7-8)9(15)13-11(17)14-10(12)16;1-2-6-9-8(4-1)5-3-7-10-11-9/h3-7H,2H2,1H3,(H2,13,14,15,16,17);1-7,11H. The number of rotatable bonds is 2. The Hall–Kier alpha value is -3.74. The van der Waals surface area contributed by atoms with Gasteiger partial charge >= 0.3 is 6.03 Å². The van der Waals surface area contributed by atoms with Crippen LogP contribution >= 0.6 is 0 Å². The number of carbonyl (C=O) groups is 3. The molecule has 0 saturated carbocycles. The summed E-state index contributed by atoms with van der Waals surface area (Å²) >= 11 is 0. The molecule has 7 heteroatoms. The van der Waals surface area contributed by atoms with Gasteiger partial charge in [0.25, 0.3) is 0 Å². The molecule has 2 aliphatic heterocycles. The first kappa shape index (κ1) is 19.0. The minimum absolute atomic E-state index is 0.294. The van der Waals surface area contributed by atoms with Crippen molar-refractivity contribution in [1.82, 2.24) is 10.6 Å². The van der Waals surface area contributed by atoms with Crippen LogP contribution in [0.15, 0.2) is 65.8 Å². The maximum absolute atomic E-state index is 12.0. The summed E-state index contributed by atoms with van der Waals surface area (Å²) in [4.78, 5) is 35.0. The zero-order chi connectivity index (χ0) is 20.0. The molecule has 0 unspecified atom stereocenters. The molecule has 0 aliphatic carbocycles. The highest BCUT2D eigenvalue weighted by atomic mass is 16.2. The molecule has 142 valence electrons. The Morgan fingerprint density at radius 2 is 1.54 bits per heavy atom. The summed E-state index contributed by atoms with van der Waals surface area (Å²) in [6, 6.07) is 16.0. The number of barbiturate groups is 1. The first-order valence-corrected chi connectivity index (χ1v) is 8.85. The molecule has 2 aromatic carbocycles. The summed E-state index contributed by atoms with van der Waals surface area (Å²) in [5.41, 5.74) is 4.43. The zero-order valence-electron chi connectivity index (χ0n) is 15.3. The number of urea groups is 1. The van der Waals surface area contributed by atoms with E-state index in [4.69, 9.17) is 0 Å². The second-order valence-electron chi connectivity index (χ2n) is 6.20. The molecule has 3 N–H and O–H groups in total. The van der Waals surface area contributed by atoms with Crippen molar-refractivity contribution in [2.75, 3.05) is 5.43 Å². The second-order valence-corrected chi connectivity index (χ2v) is 6.20. The van der Waals surface area contributed by atoms with Crippen LogP contribution in [-0.4, -0.2) is 24.1 Å². The Labute approximate surface area is 162 Å². The van der Waals surface area contributed by atoms with E-state index in [0.717, 1.165) is 5.69 Å². The number of allylic oxidation sites excluding steroid dienone is 1. The van der Waals surface area contributed by atoms with Gasteiger partial charge in [-0.15, -0.1) is 0 Å². The summed E-state index contributed by atoms with van der Waals surface area (Å²) < 4.78 is 0. The van der Waals surface area contributed by atoms with Gasteiger partial charge in [-0.3, -0.25) is 25.6 Å². The molecule has 4 rings (SSSR count). The monoisotopic (exact) mass is 376 g/mol. The molecule has 4 amide bonds. The van der Waals surface area contributed by atoms with E-state index < -0.39 is 23.3 Å². The van der Waals surface area contributed by atoms with Crippen molar-refractivity contribution in [3.05, 3.63) is 71.8 Å². The van der Waals surface area contributed by atoms with Crippen LogP contribution in [0.1, 0.15) is 24.5 Å². The van der Waals surface area contributed by atoms with Gasteiger partial charge in [0.05, 0.1) is 5.69 Å². The molecule has 0 aromatic heterocycles. The molecule has 0 atom stereocenters. The highest BCUT2D eigenvalue weighted by Crippen LogP contribution is 2.30.